The van der Waals surface area contributed by atoms with Gasteiger partial charge in [-0.25, -0.2) is 0 Å². The Labute approximate surface area is 118 Å². The smallest absolute Gasteiger partial charge is 0.222 e. The van der Waals surface area contributed by atoms with Crippen molar-refractivity contribution in [1.82, 2.24) is 10.2 Å². The Kier molecular flexibility index (Phi) is 3.03. The van der Waals surface area contributed by atoms with E-state index >= 15 is 0 Å². The minimum Gasteiger partial charge on any atom is -0.425 e. The lowest BCUT2D eigenvalue weighted by Gasteiger charge is -2.08. The number of aryl methyl sites for hydroxylation is 1. The SMILES string of the molecule is c1ccc2c(c1)CC[C@H]2Cc1nnc([C@@H]2CCOC2)o1. The minimum absolute atomic E-state index is 0.298. The van der Waals surface area contributed by atoms with Crippen LogP contribution in [0.4, 0.5) is 0 Å². The molecular formula is C16H18N2O2. The fourth-order valence-electron chi connectivity index (χ4n) is 3.31. The molecule has 4 rings (SSSR count). The molecule has 4 heteroatoms. The van der Waals surface area contributed by atoms with E-state index in [1.54, 1.807) is 0 Å². The quantitative estimate of drug-likeness (QED) is 0.860. The Hall–Kier alpha value is -1.68. The fraction of sp³-hybridized carbons (Fsp3) is 0.500. The van der Waals surface area contributed by atoms with E-state index < -0.39 is 0 Å². The summed E-state index contributed by atoms with van der Waals surface area (Å²) in [6.45, 7) is 1.52. The van der Waals surface area contributed by atoms with Crippen molar-refractivity contribution in [2.75, 3.05) is 13.2 Å². The molecule has 0 spiro atoms. The van der Waals surface area contributed by atoms with Crippen LogP contribution >= 0.6 is 0 Å². The molecule has 0 N–H and O–H groups in total. The standard InChI is InChI=1S/C16H18N2O2/c1-2-4-14-11(3-1)5-6-12(14)9-15-17-18-16(20-15)13-7-8-19-10-13/h1-4,12-13H,5-10H2/t12-,13+/m0/s1. The number of rotatable bonds is 3. The van der Waals surface area contributed by atoms with Crippen molar-refractivity contribution < 1.29 is 9.15 Å². The van der Waals surface area contributed by atoms with Crippen molar-refractivity contribution in [3.05, 3.63) is 47.2 Å². The van der Waals surface area contributed by atoms with Crippen molar-refractivity contribution in [3.8, 4) is 0 Å². The Balaban J connectivity index is 1.50. The van der Waals surface area contributed by atoms with Gasteiger partial charge < -0.3 is 9.15 Å². The van der Waals surface area contributed by atoms with E-state index in [1.807, 2.05) is 0 Å². The van der Waals surface area contributed by atoms with Gasteiger partial charge >= 0.3 is 0 Å². The van der Waals surface area contributed by atoms with Gasteiger partial charge in [0.05, 0.1) is 12.5 Å². The summed E-state index contributed by atoms with van der Waals surface area (Å²) in [7, 11) is 0. The molecule has 2 aromatic rings. The van der Waals surface area contributed by atoms with E-state index in [0.29, 0.717) is 18.4 Å². The van der Waals surface area contributed by atoms with E-state index in [0.717, 1.165) is 37.7 Å². The lowest BCUT2D eigenvalue weighted by molar-refractivity contribution is 0.190. The molecule has 0 bridgehead atoms. The predicted molar refractivity (Wildman–Crippen MR) is 73.7 cm³/mol. The first-order valence-corrected chi connectivity index (χ1v) is 7.38. The summed E-state index contributed by atoms with van der Waals surface area (Å²) in [5, 5.41) is 8.42. The number of benzene rings is 1. The van der Waals surface area contributed by atoms with Crippen LogP contribution in [0.2, 0.25) is 0 Å². The summed E-state index contributed by atoms with van der Waals surface area (Å²) in [6.07, 6.45) is 4.20. The maximum atomic E-state index is 5.84. The van der Waals surface area contributed by atoms with Crippen LogP contribution in [-0.2, 0) is 17.6 Å². The second kappa shape index (κ2) is 5.02. The molecule has 4 nitrogen and oxygen atoms in total. The Morgan fingerprint density at radius 3 is 3.00 bits per heavy atom. The van der Waals surface area contributed by atoms with E-state index in [-0.39, 0.29) is 0 Å². The van der Waals surface area contributed by atoms with Crippen LogP contribution in [0.25, 0.3) is 0 Å². The van der Waals surface area contributed by atoms with Crippen molar-refractivity contribution in [3.63, 3.8) is 0 Å². The molecule has 0 radical (unpaired) electrons. The van der Waals surface area contributed by atoms with Gasteiger partial charge in [-0.05, 0) is 36.3 Å². The molecule has 1 saturated heterocycles. The average Bonchev–Trinajstić information content (AvgIpc) is 3.19. The predicted octanol–water partition coefficient (Wildman–Crippen LogP) is 2.85. The van der Waals surface area contributed by atoms with Crippen molar-refractivity contribution in [2.24, 2.45) is 0 Å². The monoisotopic (exact) mass is 270 g/mol. The number of fused-ring (bicyclic) bond motifs is 1. The number of nitrogens with zero attached hydrogens (tertiary/aromatic N) is 2. The summed E-state index contributed by atoms with van der Waals surface area (Å²) in [5.41, 5.74) is 2.93. The summed E-state index contributed by atoms with van der Waals surface area (Å²) >= 11 is 0. The maximum Gasteiger partial charge on any atom is 0.222 e. The molecule has 1 aliphatic carbocycles. The van der Waals surface area contributed by atoms with Crippen LogP contribution in [0.1, 0.15) is 47.6 Å². The molecule has 1 aliphatic heterocycles. The van der Waals surface area contributed by atoms with E-state index in [1.165, 1.54) is 17.5 Å². The van der Waals surface area contributed by atoms with Crippen LogP contribution in [0, 0.1) is 0 Å². The zero-order chi connectivity index (χ0) is 13.4. The topological polar surface area (TPSA) is 48.2 Å². The molecule has 2 atom stereocenters. The van der Waals surface area contributed by atoms with Gasteiger partial charge in [0, 0.05) is 13.0 Å². The summed E-state index contributed by atoms with van der Waals surface area (Å²) < 4.78 is 11.2. The number of hydrogen-bond acceptors (Lipinski definition) is 4. The van der Waals surface area contributed by atoms with Crippen LogP contribution in [0.3, 0.4) is 0 Å². The number of hydrogen-bond donors (Lipinski definition) is 0. The third kappa shape index (κ3) is 2.14. The highest BCUT2D eigenvalue weighted by Gasteiger charge is 2.27. The number of aromatic nitrogens is 2. The fourth-order valence-corrected chi connectivity index (χ4v) is 3.31. The van der Waals surface area contributed by atoms with Gasteiger partial charge in [-0.15, -0.1) is 10.2 Å². The normalized spacial score (nSPS) is 25.0. The first-order chi connectivity index (χ1) is 9.90. The largest absolute Gasteiger partial charge is 0.425 e. The lowest BCUT2D eigenvalue weighted by atomic mass is 9.98. The van der Waals surface area contributed by atoms with Gasteiger partial charge in [0.25, 0.3) is 0 Å². The highest BCUT2D eigenvalue weighted by atomic mass is 16.5. The highest BCUT2D eigenvalue weighted by molar-refractivity contribution is 5.35. The van der Waals surface area contributed by atoms with Crippen LogP contribution in [0.5, 0.6) is 0 Å². The van der Waals surface area contributed by atoms with Gasteiger partial charge in [0.2, 0.25) is 11.8 Å². The molecule has 2 heterocycles. The van der Waals surface area contributed by atoms with Crippen LogP contribution in [-0.4, -0.2) is 23.4 Å². The third-order valence-electron chi connectivity index (χ3n) is 4.44. The Morgan fingerprint density at radius 1 is 1.15 bits per heavy atom. The molecule has 104 valence electrons. The Morgan fingerprint density at radius 2 is 2.10 bits per heavy atom. The molecule has 2 aliphatic rings. The van der Waals surface area contributed by atoms with Crippen molar-refractivity contribution in [1.29, 1.82) is 0 Å². The van der Waals surface area contributed by atoms with Gasteiger partial charge in [-0.1, -0.05) is 24.3 Å². The first kappa shape index (κ1) is 12.1. The summed E-state index contributed by atoms with van der Waals surface area (Å²) in [4.78, 5) is 0. The third-order valence-corrected chi connectivity index (χ3v) is 4.44. The van der Waals surface area contributed by atoms with Crippen molar-refractivity contribution >= 4 is 0 Å². The molecule has 1 aromatic heterocycles. The molecule has 1 aromatic carbocycles. The zero-order valence-corrected chi connectivity index (χ0v) is 11.4. The number of ether oxygens (including phenoxy) is 1. The molecule has 0 saturated carbocycles. The van der Waals surface area contributed by atoms with Gasteiger partial charge in [0.15, 0.2) is 0 Å². The second-order valence-corrected chi connectivity index (χ2v) is 5.73. The highest BCUT2D eigenvalue weighted by Crippen LogP contribution is 2.35. The molecule has 0 amide bonds. The summed E-state index contributed by atoms with van der Waals surface area (Å²) in [6, 6.07) is 8.69. The maximum absolute atomic E-state index is 5.84. The first-order valence-electron chi connectivity index (χ1n) is 7.38. The lowest BCUT2D eigenvalue weighted by Crippen LogP contribution is -1.99. The van der Waals surface area contributed by atoms with E-state index in [2.05, 4.69) is 34.5 Å². The van der Waals surface area contributed by atoms with Gasteiger partial charge in [-0.3, -0.25) is 0 Å². The average molecular weight is 270 g/mol. The van der Waals surface area contributed by atoms with Crippen molar-refractivity contribution in [2.45, 2.75) is 37.5 Å². The van der Waals surface area contributed by atoms with E-state index in [9.17, 15) is 0 Å². The molecule has 20 heavy (non-hydrogen) atoms. The summed E-state index contributed by atoms with van der Waals surface area (Å²) in [5.74, 6) is 2.35. The van der Waals surface area contributed by atoms with E-state index in [4.69, 9.17) is 9.15 Å². The minimum atomic E-state index is 0.298. The molecule has 1 fully saturated rings. The van der Waals surface area contributed by atoms with Gasteiger partial charge in [0.1, 0.15) is 0 Å². The molecule has 0 unspecified atom stereocenters. The molecular weight excluding hydrogens is 252 g/mol. The van der Waals surface area contributed by atoms with Crippen LogP contribution < -0.4 is 0 Å². The second-order valence-electron chi connectivity index (χ2n) is 5.73. The van der Waals surface area contributed by atoms with Gasteiger partial charge in [-0.2, -0.15) is 0 Å². The Bertz CT molecular complexity index is 602. The van der Waals surface area contributed by atoms with Crippen LogP contribution in [0.15, 0.2) is 28.7 Å². The zero-order valence-electron chi connectivity index (χ0n) is 11.4.